The topological polar surface area (TPSA) is 74.7 Å². The summed E-state index contributed by atoms with van der Waals surface area (Å²) in [6, 6.07) is 6.28. The third-order valence-electron chi connectivity index (χ3n) is 4.44. The van der Waals surface area contributed by atoms with Crippen LogP contribution in [0.15, 0.2) is 36.7 Å². The predicted octanol–water partition coefficient (Wildman–Crippen LogP) is 0.731. The number of nitrogens with zero attached hydrogens (tertiary/aromatic N) is 2. The molecule has 2 radical (unpaired) electrons. The van der Waals surface area contributed by atoms with Gasteiger partial charge in [0.1, 0.15) is 0 Å². The minimum absolute atomic E-state index is 0.106. The number of ether oxygens (including phenoxy) is 1. The van der Waals surface area contributed by atoms with Gasteiger partial charge in [0, 0.05) is 13.1 Å². The molecule has 0 atom stereocenters. The van der Waals surface area contributed by atoms with Gasteiger partial charge in [-0.3, -0.25) is 9.69 Å². The molecule has 29 heavy (non-hydrogen) atoms. The summed E-state index contributed by atoms with van der Waals surface area (Å²) in [4.78, 5) is 18.1. The molecule has 3 rings (SSSR count). The van der Waals surface area contributed by atoms with Crippen molar-refractivity contribution in [1.82, 2.24) is 15.2 Å². The molecule has 2 aromatic rings. The number of carbonyl (C=O) groups excluding carboxylic acids is 1. The Kier molecular flexibility index (Phi) is 7.65. The number of piperidine rings is 1. The fourth-order valence-corrected chi connectivity index (χ4v) is 3.27. The molecule has 8 heteroatoms. The van der Waals surface area contributed by atoms with Gasteiger partial charge >= 0.3 is 124 Å². The van der Waals surface area contributed by atoms with E-state index in [2.05, 4.69) is 39.0 Å². The van der Waals surface area contributed by atoms with Gasteiger partial charge in [-0.1, -0.05) is 0 Å². The Balaban J connectivity index is 1.54. The number of aliphatic hydroxyl groups is 1. The van der Waals surface area contributed by atoms with Gasteiger partial charge < -0.3 is 5.11 Å². The average molecular weight is 457 g/mol. The zero-order chi connectivity index (χ0) is 20.6. The fourth-order valence-electron chi connectivity index (χ4n) is 2.87. The molecular formula is C21H21AsFN3O3. The average Bonchev–Trinajstić information content (AvgIpc) is 2.70. The van der Waals surface area contributed by atoms with Crippen molar-refractivity contribution in [3.8, 4) is 23.3 Å². The first-order valence-corrected chi connectivity index (χ1v) is 10.2. The van der Waals surface area contributed by atoms with E-state index in [0.717, 1.165) is 4.35 Å². The molecule has 0 bridgehead atoms. The molecule has 1 fully saturated rings. The molecule has 0 aliphatic carbocycles. The Bertz CT molecular complexity index is 921. The van der Waals surface area contributed by atoms with Crippen LogP contribution >= 0.6 is 0 Å². The van der Waals surface area contributed by atoms with Gasteiger partial charge in [-0.25, -0.2) is 0 Å². The molecule has 1 saturated heterocycles. The van der Waals surface area contributed by atoms with E-state index in [1.165, 1.54) is 12.3 Å². The molecule has 6 nitrogen and oxygen atoms in total. The Morgan fingerprint density at radius 3 is 2.90 bits per heavy atom. The van der Waals surface area contributed by atoms with Crippen molar-refractivity contribution in [2.24, 2.45) is 0 Å². The number of likely N-dealkylation sites (tertiary alicyclic amines) is 1. The van der Waals surface area contributed by atoms with Crippen molar-refractivity contribution in [3.05, 3.63) is 48.0 Å². The van der Waals surface area contributed by atoms with Gasteiger partial charge in [-0.05, 0) is 12.8 Å². The summed E-state index contributed by atoms with van der Waals surface area (Å²) in [6.45, 7) is 1.90. The maximum absolute atomic E-state index is 14.0. The summed E-state index contributed by atoms with van der Waals surface area (Å²) in [5.41, 5.74) is 0.502. The Hall–Kier alpha value is -2.39. The van der Waals surface area contributed by atoms with Crippen LogP contribution in [0.3, 0.4) is 0 Å². The molecule has 2 heterocycles. The van der Waals surface area contributed by atoms with Crippen LogP contribution in [0.2, 0.25) is 0 Å². The van der Waals surface area contributed by atoms with Crippen LogP contribution in [-0.2, 0) is 4.79 Å². The first kappa shape index (κ1) is 21.3. The van der Waals surface area contributed by atoms with Gasteiger partial charge in [-0.2, -0.15) is 0 Å². The normalized spacial score (nSPS) is 14.7. The zero-order valence-corrected chi connectivity index (χ0v) is 17.6. The number of aromatic nitrogens is 1. The SMILES string of the molecule is O=C(CN1CCC(O)CC1)NCC#Cc1cnccc1Oc1ccc([As])cc1F. The molecule has 2 N–H and O–H groups in total. The second-order valence-corrected chi connectivity index (χ2v) is 7.76. The van der Waals surface area contributed by atoms with Crippen molar-refractivity contribution >= 4 is 27.1 Å². The first-order chi connectivity index (χ1) is 14.0. The number of pyridine rings is 1. The zero-order valence-electron chi connectivity index (χ0n) is 15.8. The van der Waals surface area contributed by atoms with E-state index < -0.39 is 5.82 Å². The van der Waals surface area contributed by atoms with Gasteiger partial charge in [0.25, 0.3) is 0 Å². The molecule has 1 aromatic carbocycles. The van der Waals surface area contributed by atoms with E-state index in [-0.39, 0.29) is 24.3 Å². The number of rotatable bonds is 5. The Morgan fingerprint density at radius 2 is 2.14 bits per heavy atom. The van der Waals surface area contributed by atoms with Gasteiger partial charge in [0.15, 0.2) is 0 Å². The summed E-state index contributed by atoms with van der Waals surface area (Å²) < 4.78 is 20.4. The number of nitrogens with one attached hydrogen (secondary N) is 1. The van der Waals surface area contributed by atoms with Crippen LogP contribution in [0.25, 0.3) is 0 Å². The summed E-state index contributed by atoms with van der Waals surface area (Å²) in [5.74, 6) is 5.70. The van der Waals surface area contributed by atoms with Crippen LogP contribution < -0.4 is 14.4 Å². The number of hydrogen-bond donors (Lipinski definition) is 2. The summed E-state index contributed by atoms with van der Waals surface area (Å²) in [6.07, 6.45) is 4.20. The van der Waals surface area contributed by atoms with Gasteiger partial charge in [0.2, 0.25) is 0 Å². The number of halogens is 1. The molecule has 1 aliphatic heterocycles. The molecular weight excluding hydrogens is 436 g/mol. The summed E-state index contributed by atoms with van der Waals surface area (Å²) >= 11 is 2.27. The van der Waals surface area contributed by atoms with Crippen molar-refractivity contribution in [2.75, 3.05) is 26.2 Å². The molecule has 0 spiro atoms. The number of carbonyl (C=O) groups is 1. The number of benzene rings is 1. The summed E-state index contributed by atoms with van der Waals surface area (Å²) in [7, 11) is 0. The third kappa shape index (κ3) is 6.57. The van der Waals surface area contributed by atoms with E-state index in [9.17, 15) is 14.3 Å². The predicted molar refractivity (Wildman–Crippen MR) is 108 cm³/mol. The van der Waals surface area contributed by atoms with Crippen molar-refractivity contribution in [1.29, 1.82) is 0 Å². The van der Waals surface area contributed by atoms with Crippen LogP contribution in [0, 0.1) is 17.7 Å². The number of hydrogen-bond acceptors (Lipinski definition) is 5. The number of amides is 1. The van der Waals surface area contributed by atoms with Crippen LogP contribution in [-0.4, -0.2) is 70.0 Å². The Labute approximate surface area is 178 Å². The van der Waals surface area contributed by atoms with Gasteiger partial charge in [0.05, 0.1) is 12.6 Å². The molecule has 0 unspecified atom stereocenters. The van der Waals surface area contributed by atoms with E-state index in [1.54, 1.807) is 24.4 Å². The second-order valence-electron chi connectivity index (χ2n) is 6.67. The molecule has 0 saturated carbocycles. The minimum atomic E-state index is -0.462. The Morgan fingerprint density at radius 1 is 1.34 bits per heavy atom. The second kappa shape index (κ2) is 10.4. The van der Waals surface area contributed by atoms with E-state index in [1.807, 2.05) is 4.90 Å². The fraction of sp³-hybridized carbons (Fsp3) is 0.333. The molecule has 1 amide bonds. The standard InChI is InChI=1S/C21H21AsFN3O3/c22-16-3-4-20(18(23)12-16)29-19-5-9-24-13-15(19)2-1-8-25-21(28)14-26-10-6-17(27)7-11-26/h3-5,9,12-13,17,27H,6-8,10-11,14H2,(H,25,28). The molecule has 1 aromatic heterocycles. The monoisotopic (exact) mass is 457 g/mol. The van der Waals surface area contributed by atoms with E-state index in [0.29, 0.717) is 43.8 Å². The number of aliphatic hydroxyl groups excluding tert-OH is 1. The summed E-state index contributed by atoms with van der Waals surface area (Å²) in [5, 5.41) is 12.3. The molecule has 1 aliphatic rings. The first-order valence-electron chi connectivity index (χ1n) is 9.27. The van der Waals surface area contributed by atoms with Crippen LogP contribution in [0.1, 0.15) is 18.4 Å². The maximum atomic E-state index is 14.0. The van der Waals surface area contributed by atoms with Crippen LogP contribution in [0.5, 0.6) is 11.5 Å². The van der Waals surface area contributed by atoms with Crippen LogP contribution in [0.4, 0.5) is 4.39 Å². The van der Waals surface area contributed by atoms with Crippen molar-refractivity contribution in [3.63, 3.8) is 0 Å². The third-order valence-corrected chi connectivity index (χ3v) is 5.02. The molecule has 150 valence electrons. The van der Waals surface area contributed by atoms with Crippen molar-refractivity contribution < 1.29 is 19.0 Å². The quantitative estimate of drug-likeness (QED) is 0.512. The van der Waals surface area contributed by atoms with Gasteiger partial charge in [-0.15, -0.1) is 0 Å². The van der Waals surface area contributed by atoms with E-state index >= 15 is 0 Å². The van der Waals surface area contributed by atoms with Crippen molar-refractivity contribution in [2.45, 2.75) is 18.9 Å². The van der Waals surface area contributed by atoms with E-state index in [4.69, 9.17) is 4.74 Å².